The van der Waals surface area contributed by atoms with Gasteiger partial charge in [-0.05, 0) is 62.2 Å². The fourth-order valence-electron chi connectivity index (χ4n) is 3.28. The minimum atomic E-state index is -0.0421. The summed E-state index contributed by atoms with van der Waals surface area (Å²) in [5.41, 5.74) is 3.11. The highest BCUT2D eigenvalue weighted by atomic mass is 19.1. The number of allylic oxidation sites excluding steroid dienone is 10. The van der Waals surface area contributed by atoms with E-state index in [1.807, 2.05) is 26.8 Å². The summed E-state index contributed by atoms with van der Waals surface area (Å²) in [4.78, 5) is 0. The fourth-order valence-corrected chi connectivity index (χ4v) is 3.28. The summed E-state index contributed by atoms with van der Waals surface area (Å²) in [6.45, 7) is 8.31. The maximum atomic E-state index is 14.4. The molecule has 0 aliphatic heterocycles. The van der Waals surface area contributed by atoms with E-state index in [1.54, 1.807) is 6.08 Å². The van der Waals surface area contributed by atoms with E-state index >= 15 is 0 Å². The van der Waals surface area contributed by atoms with Crippen molar-refractivity contribution in [3.63, 3.8) is 0 Å². The highest BCUT2D eigenvalue weighted by Crippen LogP contribution is 2.43. The molecular weight excluding hydrogens is 235 g/mol. The molecule has 2 aliphatic rings. The lowest BCUT2D eigenvalue weighted by molar-refractivity contribution is 0.363. The molecule has 0 bridgehead atoms. The largest absolute Gasteiger partial charge is 0.207 e. The Morgan fingerprint density at radius 1 is 1.32 bits per heavy atom. The van der Waals surface area contributed by atoms with E-state index in [0.717, 1.165) is 23.1 Å². The van der Waals surface area contributed by atoms with E-state index < -0.39 is 0 Å². The quantitative estimate of drug-likeness (QED) is 0.543. The van der Waals surface area contributed by atoms with Crippen LogP contribution in [-0.4, -0.2) is 0 Å². The minimum Gasteiger partial charge on any atom is -0.207 e. The SMILES string of the molecule is CC=CC1C(C)/C=C\C=C(/C)C2=C(F)C=C(C)CC21. The van der Waals surface area contributed by atoms with Gasteiger partial charge in [0.25, 0.3) is 0 Å². The Hall–Kier alpha value is -1.37. The van der Waals surface area contributed by atoms with Crippen LogP contribution in [0.25, 0.3) is 0 Å². The van der Waals surface area contributed by atoms with E-state index in [2.05, 4.69) is 31.2 Å². The van der Waals surface area contributed by atoms with Crippen molar-refractivity contribution in [3.8, 4) is 0 Å². The van der Waals surface area contributed by atoms with Gasteiger partial charge in [-0.1, -0.05) is 42.9 Å². The smallest absolute Gasteiger partial charge is 0.126 e. The maximum absolute atomic E-state index is 14.4. The van der Waals surface area contributed by atoms with Crippen LogP contribution in [0.5, 0.6) is 0 Å². The number of rotatable bonds is 1. The molecule has 0 aromatic heterocycles. The molecule has 102 valence electrons. The van der Waals surface area contributed by atoms with Crippen LogP contribution in [0.2, 0.25) is 0 Å². The first-order chi connectivity index (χ1) is 9.04. The highest BCUT2D eigenvalue weighted by Gasteiger charge is 2.32. The second-order valence-electron chi connectivity index (χ2n) is 5.76. The van der Waals surface area contributed by atoms with Gasteiger partial charge in [0.1, 0.15) is 5.83 Å². The van der Waals surface area contributed by atoms with Gasteiger partial charge < -0.3 is 0 Å². The summed E-state index contributed by atoms with van der Waals surface area (Å²) >= 11 is 0. The van der Waals surface area contributed by atoms with Gasteiger partial charge in [0, 0.05) is 0 Å². The molecule has 0 heterocycles. The first-order valence-electron chi connectivity index (χ1n) is 7.09. The molecular formula is C18H23F. The van der Waals surface area contributed by atoms with E-state index in [9.17, 15) is 4.39 Å². The minimum absolute atomic E-state index is 0.0421. The second-order valence-corrected chi connectivity index (χ2v) is 5.76. The van der Waals surface area contributed by atoms with E-state index in [-0.39, 0.29) is 11.7 Å². The molecule has 0 aromatic carbocycles. The summed E-state index contributed by atoms with van der Waals surface area (Å²) in [6.07, 6.45) is 13.3. The van der Waals surface area contributed by atoms with Crippen LogP contribution in [0.4, 0.5) is 4.39 Å². The molecule has 3 atom stereocenters. The Bertz CT molecular complexity index is 500. The van der Waals surface area contributed by atoms with Gasteiger partial charge in [-0.3, -0.25) is 0 Å². The van der Waals surface area contributed by atoms with Crippen LogP contribution in [0.3, 0.4) is 0 Å². The third-order valence-electron chi connectivity index (χ3n) is 4.22. The topological polar surface area (TPSA) is 0 Å². The molecule has 2 aliphatic carbocycles. The van der Waals surface area contributed by atoms with Gasteiger partial charge in [-0.25, -0.2) is 4.39 Å². The predicted molar refractivity (Wildman–Crippen MR) is 80.4 cm³/mol. The summed E-state index contributed by atoms with van der Waals surface area (Å²) < 4.78 is 14.4. The number of hydrogen-bond donors (Lipinski definition) is 0. The van der Waals surface area contributed by atoms with Gasteiger partial charge >= 0.3 is 0 Å². The molecule has 0 spiro atoms. The molecule has 0 saturated carbocycles. The van der Waals surface area contributed by atoms with Crippen molar-refractivity contribution in [2.24, 2.45) is 17.8 Å². The molecule has 0 fully saturated rings. The first kappa shape index (κ1) is 14.0. The second kappa shape index (κ2) is 5.73. The summed E-state index contributed by atoms with van der Waals surface area (Å²) in [5, 5.41) is 0. The zero-order valence-electron chi connectivity index (χ0n) is 12.3. The van der Waals surface area contributed by atoms with E-state index in [1.165, 1.54) is 0 Å². The highest BCUT2D eigenvalue weighted by molar-refractivity contribution is 5.45. The Morgan fingerprint density at radius 3 is 2.74 bits per heavy atom. The molecule has 19 heavy (non-hydrogen) atoms. The van der Waals surface area contributed by atoms with Crippen molar-refractivity contribution >= 4 is 0 Å². The van der Waals surface area contributed by atoms with Gasteiger partial charge in [0.15, 0.2) is 0 Å². The van der Waals surface area contributed by atoms with E-state index in [4.69, 9.17) is 0 Å². The molecule has 3 unspecified atom stereocenters. The number of hydrogen-bond acceptors (Lipinski definition) is 0. The number of halogens is 1. The molecule has 0 N–H and O–H groups in total. The standard InChI is InChI=1S/C18H23F/c1-5-7-15-13(3)8-6-9-14(4)18-16(15)10-12(2)11-17(18)19/h5-9,11,13,15-16H,10H2,1-4H3/b7-5?,8-6-,14-9+. The van der Waals surface area contributed by atoms with Crippen molar-refractivity contribution < 1.29 is 4.39 Å². The lowest BCUT2D eigenvalue weighted by atomic mass is 9.70. The van der Waals surface area contributed by atoms with Crippen LogP contribution in [0.1, 0.15) is 34.1 Å². The van der Waals surface area contributed by atoms with Crippen LogP contribution >= 0.6 is 0 Å². The Morgan fingerprint density at radius 2 is 2.05 bits per heavy atom. The summed E-state index contributed by atoms with van der Waals surface area (Å²) in [7, 11) is 0. The Labute approximate surface area is 116 Å². The Kier molecular flexibility index (Phi) is 4.24. The number of fused-ring (bicyclic) bond motifs is 1. The first-order valence-corrected chi connectivity index (χ1v) is 7.09. The summed E-state index contributed by atoms with van der Waals surface area (Å²) in [6, 6.07) is 0. The van der Waals surface area contributed by atoms with Gasteiger partial charge in [0.05, 0.1) is 0 Å². The van der Waals surface area contributed by atoms with Gasteiger partial charge in [0.2, 0.25) is 0 Å². The van der Waals surface area contributed by atoms with Crippen LogP contribution in [0, 0.1) is 17.8 Å². The van der Waals surface area contributed by atoms with Crippen molar-refractivity contribution in [2.45, 2.75) is 34.1 Å². The van der Waals surface area contributed by atoms with Crippen LogP contribution < -0.4 is 0 Å². The summed E-state index contributed by atoms with van der Waals surface area (Å²) in [5.74, 6) is 1.02. The van der Waals surface area contributed by atoms with Gasteiger partial charge in [-0.2, -0.15) is 0 Å². The molecule has 0 nitrogen and oxygen atoms in total. The van der Waals surface area contributed by atoms with E-state index in [0.29, 0.717) is 11.8 Å². The average molecular weight is 258 g/mol. The third-order valence-corrected chi connectivity index (χ3v) is 4.22. The lowest BCUT2D eigenvalue weighted by Gasteiger charge is -2.34. The van der Waals surface area contributed by atoms with Crippen molar-refractivity contribution in [1.82, 2.24) is 0 Å². The predicted octanol–water partition coefficient (Wildman–Crippen LogP) is 5.52. The fraction of sp³-hybridized carbons (Fsp3) is 0.444. The van der Waals surface area contributed by atoms with Crippen molar-refractivity contribution in [3.05, 3.63) is 59.0 Å². The molecule has 0 radical (unpaired) electrons. The van der Waals surface area contributed by atoms with Crippen molar-refractivity contribution in [1.29, 1.82) is 0 Å². The van der Waals surface area contributed by atoms with Crippen molar-refractivity contribution in [2.75, 3.05) is 0 Å². The molecule has 0 saturated heterocycles. The van der Waals surface area contributed by atoms with Gasteiger partial charge in [-0.15, -0.1) is 0 Å². The molecule has 0 amide bonds. The zero-order valence-corrected chi connectivity index (χ0v) is 12.3. The van der Waals surface area contributed by atoms with Crippen LogP contribution in [-0.2, 0) is 0 Å². The maximum Gasteiger partial charge on any atom is 0.126 e. The van der Waals surface area contributed by atoms with Crippen LogP contribution in [0.15, 0.2) is 59.0 Å². The third kappa shape index (κ3) is 2.80. The monoisotopic (exact) mass is 258 g/mol. The zero-order chi connectivity index (χ0) is 14.0. The normalized spacial score (nSPS) is 36.2. The lowest BCUT2D eigenvalue weighted by Crippen LogP contribution is -2.25. The molecule has 2 rings (SSSR count). The molecule has 0 aromatic rings. The molecule has 1 heteroatoms. The Balaban J connectivity index is 2.56. The average Bonchev–Trinajstić information content (AvgIpc) is 2.33.